The molecule has 0 atom stereocenters. The average molecular weight is 472 g/mol. The molecule has 0 unspecified atom stereocenters. The van der Waals surface area contributed by atoms with Crippen LogP contribution in [0.15, 0.2) is 49.2 Å². The number of carboxylic acid groups (broad SMARTS) is 1. The van der Waals surface area contributed by atoms with Crippen LogP contribution in [0.5, 0.6) is 0 Å². The molecule has 35 heavy (non-hydrogen) atoms. The van der Waals surface area contributed by atoms with Gasteiger partial charge in [0.25, 0.3) is 0 Å². The third-order valence-corrected chi connectivity index (χ3v) is 6.96. The van der Waals surface area contributed by atoms with E-state index in [1.807, 2.05) is 49.9 Å². The Morgan fingerprint density at radius 2 is 2.09 bits per heavy atom. The largest absolute Gasteiger partial charge is 0.465 e. The van der Waals surface area contributed by atoms with Crippen LogP contribution in [0.2, 0.25) is 0 Å². The number of rotatable bonds is 5. The fourth-order valence-corrected chi connectivity index (χ4v) is 5.08. The summed E-state index contributed by atoms with van der Waals surface area (Å²) in [5.74, 6) is 1.69. The highest BCUT2D eigenvalue weighted by Gasteiger charge is 2.40. The van der Waals surface area contributed by atoms with E-state index in [0.717, 1.165) is 44.8 Å². The number of aryl methyl sites for hydroxylation is 1. The minimum Gasteiger partial charge on any atom is -0.465 e. The van der Waals surface area contributed by atoms with Crippen molar-refractivity contribution in [3.8, 4) is 11.1 Å². The van der Waals surface area contributed by atoms with Gasteiger partial charge in [-0.3, -0.25) is 4.68 Å². The van der Waals surface area contributed by atoms with E-state index in [2.05, 4.69) is 35.3 Å². The third kappa shape index (κ3) is 3.65. The number of hydrogen-bond acceptors (Lipinski definition) is 6. The van der Waals surface area contributed by atoms with Gasteiger partial charge in [0.1, 0.15) is 23.6 Å². The molecule has 1 aromatic carbocycles. The highest BCUT2D eigenvalue weighted by Crippen LogP contribution is 2.38. The topological polar surface area (TPSA) is 141 Å². The Balaban J connectivity index is 1.36. The van der Waals surface area contributed by atoms with E-state index in [1.54, 1.807) is 11.0 Å². The summed E-state index contributed by atoms with van der Waals surface area (Å²) in [6, 6.07) is 8.01. The summed E-state index contributed by atoms with van der Waals surface area (Å²) in [7, 11) is 1.89. The van der Waals surface area contributed by atoms with Gasteiger partial charge in [0.2, 0.25) is 0 Å². The standard InChI is InChI=1S/C24H25N9O2/c1-32-12-15(11-29-32)16-3-2-4-18-19(16)31-22(30-18)24(13-26-23(34)35)6-9-33(10-7-24)21-17-5-8-25-20(17)27-14-28-21/h2-5,8,11-12,14,26H,6-7,9-10,13H2,1H3,(H,30,31)(H,34,35)(H,25,27,28). The molecule has 11 heteroatoms. The Morgan fingerprint density at radius 3 is 2.86 bits per heavy atom. The minimum atomic E-state index is -1.04. The van der Waals surface area contributed by atoms with Crippen LogP contribution in [0.25, 0.3) is 33.2 Å². The predicted molar refractivity (Wildman–Crippen MR) is 131 cm³/mol. The molecule has 4 N–H and O–H groups in total. The molecule has 1 amide bonds. The van der Waals surface area contributed by atoms with Crippen molar-refractivity contribution < 1.29 is 9.90 Å². The van der Waals surface area contributed by atoms with Crippen molar-refractivity contribution in [3.63, 3.8) is 0 Å². The van der Waals surface area contributed by atoms with E-state index >= 15 is 0 Å². The number of aromatic amines is 2. The average Bonchev–Trinajstić information content (AvgIpc) is 3.62. The van der Waals surface area contributed by atoms with E-state index in [0.29, 0.717) is 25.9 Å². The zero-order chi connectivity index (χ0) is 24.0. The summed E-state index contributed by atoms with van der Waals surface area (Å²) in [6.07, 6.45) is 7.61. The summed E-state index contributed by atoms with van der Waals surface area (Å²) in [5.41, 5.74) is 4.10. The third-order valence-electron chi connectivity index (χ3n) is 6.96. The van der Waals surface area contributed by atoms with Crippen molar-refractivity contribution >= 4 is 34.0 Å². The first-order chi connectivity index (χ1) is 17.0. The second kappa shape index (κ2) is 8.12. The van der Waals surface area contributed by atoms with Crippen LogP contribution in [-0.2, 0) is 12.5 Å². The Hall–Kier alpha value is -4.41. The first kappa shape index (κ1) is 21.1. The second-order valence-corrected chi connectivity index (χ2v) is 9.05. The molecule has 11 nitrogen and oxygen atoms in total. The Labute approximate surface area is 200 Å². The molecule has 1 aliphatic rings. The lowest BCUT2D eigenvalue weighted by Gasteiger charge is -2.41. The first-order valence-electron chi connectivity index (χ1n) is 11.5. The number of para-hydroxylation sites is 1. The lowest BCUT2D eigenvalue weighted by atomic mass is 9.77. The van der Waals surface area contributed by atoms with E-state index in [1.165, 1.54) is 0 Å². The summed E-state index contributed by atoms with van der Waals surface area (Å²) in [4.78, 5) is 34.2. The molecule has 1 aliphatic heterocycles. The lowest BCUT2D eigenvalue weighted by molar-refractivity contribution is 0.187. The molecule has 5 heterocycles. The summed E-state index contributed by atoms with van der Waals surface area (Å²) in [5, 5.41) is 17.3. The maximum absolute atomic E-state index is 11.4. The van der Waals surface area contributed by atoms with Crippen LogP contribution >= 0.6 is 0 Å². The van der Waals surface area contributed by atoms with Crippen molar-refractivity contribution in [3.05, 3.63) is 55.0 Å². The van der Waals surface area contributed by atoms with E-state index < -0.39 is 11.5 Å². The van der Waals surface area contributed by atoms with Gasteiger partial charge >= 0.3 is 6.09 Å². The molecule has 0 bridgehead atoms. The van der Waals surface area contributed by atoms with Gasteiger partial charge in [-0.25, -0.2) is 19.7 Å². The number of anilines is 1. The minimum absolute atomic E-state index is 0.279. The van der Waals surface area contributed by atoms with Crippen LogP contribution in [0.3, 0.4) is 0 Å². The number of H-pyrrole nitrogens is 2. The molecule has 4 aromatic heterocycles. The van der Waals surface area contributed by atoms with Crippen LogP contribution in [-0.4, -0.2) is 65.5 Å². The number of hydrogen-bond donors (Lipinski definition) is 4. The first-order valence-corrected chi connectivity index (χ1v) is 11.5. The van der Waals surface area contributed by atoms with Gasteiger partial charge in [0, 0.05) is 55.6 Å². The summed E-state index contributed by atoms with van der Waals surface area (Å²) in [6.45, 7) is 1.71. The Kier molecular flexibility index (Phi) is 4.90. The molecule has 1 fully saturated rings. The normalized spacial score (nSPS) is 15.6. The number of nitrogens with zero attached hydrogens (tertiary/aromatic N) is 6. The predicted octanol–water partition coefficient (Wildman–Crippen LogP) is 3.04. The smallest absolute Gasteiger partial charge is 0.404 e. The van der Waals surface area contributed by atoms with Gasteiger partial charge in [-0.1, -0.05) is 12.1 Å². The Morgan fingerprint density at radius 1 is 1.23 bits per heavy atom. The van der Waals surface area contributed by atoms with E-state index in [4.69, 9.17) is 4.98 Å². The number of benzene rings is 1. The van der Waals surface area contributed by atoms with Gasteiger partial charge in [-0.15, -0.1) is 0 Å². The fourth-order valence-electron chi connectivity index (χ4n) is 5.08. The van der Waals surface area contributed by atoms with Crippen LogP contribution in [0.1, 0.15) is 18.7 Å². The quantitative estimate of drug-likeness (QED) is 0.309. The molecule has 0 spiro atoms. The van der Waals surface area contributed by atoms with E-state index in [-0.39, 0.29) is 6.54 Å². The highest BCUT2D eigenvalue weighted by molar-refractivity contribution is 5.92. The molecule has 0 aliphatic carbocycles. The second-order valence-electron chi connectivity index (χ2n) is 9.05. The molecule has 1 saturated heterocycles. The number of nitrogens with one attached hydrogen (secondary N) is 3. The SMILES string of the molecule is Cn1cc(-c2cccc3[nH]c(C4(CNC(=O)O)CCN(c5ncnc6[nH]ccc56)CC4)nc23)cn1. The van der Waals surface area contributed by atoms with Gasteiger partial charge in [-0.2, -0.15) is 5.10 Å². The molecule has 0 saturated carbocycles. The van der Waals surface area contributed by atoms with Crippen LogP contribution in [0, 0.1) is 0 Å². The monoisotopic (exact) mass is 471 g/mol. The maximum atomic E-state index is 11.4. The van der Waals surface area contributed by atoms with Crippen molar-refractivity contribution in [2.24, 2.45) is 7.05 Å². The van der Waals surface area contributed by atoms with Gasteiger partial charge in [0.05, 0.1) is 22.6 Å². The lowest BCUT2D eigenvalue weighted by Crippen LogP contribution is -2.49. The van der Waals surface area contributed by atoms with Crippen LogP contribution in [0.4, 0.5) is 10.6 Å². The number of aromatic nitrogens is 7. The summed E-state index contributed by atoms with van der Waals surface area (Å²) < 4.78 is 1.77. The fraction of sp³-hybridized carbons (Fsp3) is 0.292. The van der Waals surface area contributed by atoms with Crippen LogP contribution < -0.4 is 10.2 Å². The number of imidazole rings is 1. The van der Waals surface area contributed by atoms with E-state index in [9.17, 15) is 9.90 Å². The number of amides is 1. The summed E-state index contributed by atoms with van der Waals surface area (Å²) >= 11 is 0. The van der Waals surface area contributed by atoms with Gasteiger partial charge in [0.15, 0.2) is 0 Å². The van der Waals surface area contributed by atoms with Crippen molar-refractivity contribution in [1.82, 2.24) is 40.0 Å². The molecule has 5 aromatic rings. The zero-order valence-electron chi connectivity index (χ0n) is 19.2. The molecule has 6 rings (SSSR count). The number of carbonyl (C=O) groups is 1. The van der Waals surface area contributed by atoms with Gasteiger partial charge in [-0.05, 0) is 25.0 Å². The Bertz CT molecular complexity index is 1520. The maximum Gasteiger partial charge on any atom is 0.404 e. The molecule has 178 valence electrons. The van der Waals surface area contributed by atoms with Gasteiger partial charge < -0.3 is 25.3 Å². The number of piperidine rings is 1. The highest BCUT2D eigenvalue weighted by atomic mass is 16.4. The molecular formula is C24H25N9O2. The molecular weight excluding hydrogens is 446 g/mol. The zero-order valence-corrected chi connectivity index (χ0v) is 19.2. The van der Waals surface area contributed by atoms with Crippen molar-refractivity contribution in [1.29, 1.82) is 0 Å². The number of fused-ring (bicyclic) bond motifs is 2. The van der Waals surface area contributed by atoms with Crippen molar-refractivity contribution in [2.45, 2.75) is 18.3 Å². The van der Waals surface area contributed by atoms with Crippen molar-refractivity contribution in [2.75, 3.05) is 24.5 Å². The molecule has 0 radical (unpaired) electrons.